The molecular formula is C28H30O7. The molecule has 0 spiro atoms. The highest BCUT2D eigenvalue weighted by Crippen LogP contribution is 2.28. The maximum absolute atomic E-state index is 6.08. The second kappa shape index (κ2) is 13.0. The Morgan fingerprint density at radius 3 is 1.23 bits per heavy atom. The molecule has 0 heterocycles. The van der Waals surface area contributed by atoms with Gasteiger partial charge in [0.25, 0.3) is 0 Å². The Morgan fingerprint density at radius 1 is 0.514 bits per heavy atom. The van der Waals surface area contributed by atoms with E-state index >= 15 is 0 Å². The predicted octanol–water partition coefficient (Wildman–Crippen LogP) is 5.03. The van der Waals surface area contributed by atoms with E-state index in [-0.39, 0.29) is 6.61 Å². The summed E-state index contributed by atoms with van der Waals surface area (Å²) in [5.41, 5.74) is 2.68. The number of ether oxygens (including phenoxy) is 7. The van der Waals surface area contributed by atoms with E-state index in [2.05, 4.69) is 5.92 Å². The van der Waals surface area contributed by atoms with Crippen molar-refractivity contribution >= 4 is 0 Å². The van der Waals surface area contributed by atoms with Crippen LogP contribution in [-0.2, 0) is 24.6 Å². The molecule has 0 aromatic heterocycles. The molecule has 7 heteroatoms. The van der Waals surface area contributed by atoms with E-state index < -0.39 is 0 Å². The van der Waals surface area contributed by atoms with E-state index in [0.29, 0.717) is 54.3 Å². The Morgan fingerprint density at radius 2 is 0.857 bits per heavy atom. The molecule has 184 valence electrons. The Hall–Kier alpha value is -4.02. The topological polar surface area (TPSA) is 64.6 Å². The standard InChI is InChI=1S/C28H30O7/c1-6-7-33-17-20-12-27(34-18-21-8-23(29-2)14-24(9-21)30-3)16-28(13-20)35-19-22-10-25(31-4)15-26(11-22)32-5/h1,8-16H,7,17-19H2,2-5H3. The van der Waals surface area contributed by atoms with Crippen molar-refractivity contribution in [1.29, 1.82) is 0 Å². The third-order valence-corrected chi connectivity index (χ3v) is 5.03. The normalized spacial score (nSPS) is 10.3. The Balaban J connectivity index is 1.78. The van der Waals surface area contributed by atoms with Gasteiger partial charge in [-0.15, -0.1) is 6.42 Å². The van der Waals surface area contributed by atoms with Crippen LogP contribution < -0.4 is 28.4 Å². The molecule has 0 atom stereocenters. The molecular weight excluding hydrogens is 448 g/mol. The molecule has 0 fully saturated rings. The molecule has 0 saturated heterocycles. The average Bonchev–Trinajstić information content (AvgIpc) is 2.90. The summed E-state index contributed by atoms with van der Waals surface area (Å²) in [6.07, 6.45) is 5.31. The molecule has 0 unspecified atom stereocenters. The van der Waals surface area contributed by atoms with Gasteiger partial charge >= 0.3 is 0 Å². The predicted molar refractivity (Wildman–Crippen MR) is 133 cm³/mol. The first-order chi connectivity index (χ1) is 17.1. The molecule has 0 aliphatic rings. The zero-order chi connectivity index (χ0) is 25.0. The van der Waals surface area contributed by atoms with E-state index in [1.54, 1.807) is 28.4 Å². The Bertz CT molecular complexity index is 1030. The van der Waals surface area contributed by atoms with Crippen molar-refractivity contribution in [3.63, 3.8) is 0 Å². The van der Waals surface area contributed by atoms with Crippen LogP contribution in [-0.4, -0.2) is 35.0 Å². The molecule has 0 radical (unpaired) electrons. The Labute approximate surface area is 206 Å². The van der Waals surface area contributed by atoms with Crippen LogP contribution in [0.3, 0.4) is 0 Å². The largest absolute Gasteiger partial charge is 0.497 e. The molecule has 0 aliphatic carbocycles. The van der Waals surface area contributed by atoms with E-state index in [4.69, 9.17) is 39.6 Å². The van der Waals surface area contributed by atoms with Gasteiger partial charge in [-0.25, -0.2) is 0 Å². The number of hydrogen-bond donors (Lipinski definition) is 0. The SMILES string of the molecule is C#CCOCc1cc(OCc2cc(OC)cc(OC)c2)cc(OCc2cc(OC)cc(OC)c2)c1. The van der Waals surface area contributed by atoms with Gasteiger partial charge in [0.1, 0.15) is 54.3 Å². The van der Waals surface area contributed by atoms with Crippen LogP contribution in [0.1, 0.15) is 16.7 Å². The van der Waals surface area contributed by atoms with Gasteiger partial charge in [-0.2, -0.15) is 0 Å². The number of rotatable bonds is 13. The maximum Gasteiger partial charge on any atom is 0.123 e. The third kappa shape index (κ3) is 7.76. The van der Waals surface area contributed by atoms with Crippen LogP contribution in [0.4, 0.5) is 0 Å². The van der Waals surface area contributed by atoms with Crippen LogP contribution in [0.25, 0.3) is 0 Å². The highest BCUT2D eigenvalue weighted by atomic mass is 16.5. The minimum Gasteiger partial charge on any atom is -0.497 e. The minimum atomic E-state index is 0.217. The highest BCUT2D eigenvalue weighted by Gasteiger charge is 2.08. The maximum atomic E-state index is 6.08. The van der Waals surface area contributed by atoms with Gasteiger partial charge in [0.2, 0.25) is 0 Å². The molecule has 7 nitrogen and oxygen atoms in total. The van der Waals surface area contributed by atoms with E-state index in [9.17, 15) is 0 Å². The van der Waals surface area contributed by atoms with E-state index in [1.165, 1.54) is 0 Å². The third-order valence-electron chi connectivity index (χ3n) is 5.03. The fourth-order valence-corrected chi connectivity index (χ4v) is 3.34. The lowest BCUT2D eigenvalue weighted by atomic mass is 10.2. The average molecular weight is 479 g/mol. The number of benzene rings is 3. The van der Waals surface area contributed by atoms with Crippen molar-refractivity contribution in [1.82, 2.24) is 0 Å². The van der Waals surface area contributed by atoms with Crippen molar-refractivity contribution < 1.29 is 33.2 Å². The van der Waals surface area contributed by atoms with Crippen LogP contribution in [0.5, 0.6) is 34.5 Å². The summed E-state index contributed by atoms with van der Waals surface area (Å²) >= 11 is 0. The van der Waals surface area contributed by atoms with Crippen molar-refractivity contribution in [2.24, 2.45) is 0 Å². The molecule has 0 bridgehead atoms. The molecule has 0 aliphatic heterocycles. The molecule has 0 amide bonds. The smallest absolute Gasteiger partial charge is 0.123 e. The van der Waals surface area contributed by atoms with Crippen LogP contribution >= 0.6 is 0 Å². The molecule has 3 rings (SSSR count). The van der Waals surface area contributed by atoms with Crippen LogP contribution in [0.2, 0.25) is 0 Å². The lowest BCUT2D eigenvalue weighted by molar-refractivity contribution is 0.152. The van der Waals surface area contributed by atoms with E-state index in [0.717, 1.165) is 16.7 Å². The zero-order valence-corrected chi connectivity index (χ0v) is 20.5. The number of methoxy groups -OCH3 is 4. The monoisotopic (exact) mass is 478 g/mol. The van der Waals surface area contributed by atoms with E-state index in [1.807, 2.05) is 54.6 Å². The minimum absolute atomic E-state index is 0.217. The van der Waals surface area contributed by atoms with Crippen molar-refractivity contribution in [3.8, 4) is 46.8 Å². The lowest BCUT2D eigenvalue weighted by Crippen LogP contribution is -2.02. The van der Waals surface area contributed by atoms with Gasteiger partial charge in [0, 0.05) is 18.2 Å². The summed E-state index contributed by atoms with van der Waals surface area (Å²) in [4.78, 5) is 0. The van der Waals surface area contributed by atoms with Gasteiger partial charge in [0.15, 0.2) is 0 Å². The fourth-order valence-electron chi connectivity index (χ4n) is 3.34. The van der Waals surface area contributed by atoms with Crippen LogP contribution in [0.15, 0.2) is 54.6 Å². The summed E-state index contributed by atoms with van der Waals surface area (Å²) in [5, 5.41) is 0. The molecule has 3 aromatic carbocycles. The van der Waals surface area contributed by atoms with Gasteiger partial charge in [-0.3, -0.25) is 0 Å². The summed E-state index contributed by atoms with van der Waals surface area (Å²) < 4.78 is 39.0. The fraction of sp³-hybridized carbons (Fsp3) is 0.286. The van der Waals surface area contributed by atoms with Crippen LogP contribution in [0, 0.1) is 12.3 Å². The summed E-state index contributed by atoms with van der Waals surface area (Å²) in [6, 6.07) is 16.8. The summed E-state index contributed by atoms with van der Waals surface area (Å²) in [6.45, 7) is 1.18. The first kappa shape index (κ1) is 25.6. The second-order valence-corrected chi connectivity index (χ2v) is 7.53. The van der Waals surface area contributed by atoms with Gasteiger partial charge in [-0.05, 0) is 53.1 Å². The first-order valence-electron chi connectivity index (χ1n) is 10.9. The van der Waals surface area contributed by atoms with Crippen molar-refractivity contribution in [3.05, 3.63) is 71.3 Å². The second-order valence-electron chi connectivity index (χ2n) is 7.53. The molecule has 0 N–H and O–H groups in total. The van der Waals surface area contributed by atoms with Crippen molar-refractivity contribution in [2.45, 2.75) is 19.8 Å². The highest BCUT2D eigenvalue weighted by molar-refractivity contribution is 5.41. The Kier molecular flexibility index (Phi) is 9.52. The van der Waals surface area contributed by atoms with Gasteiger partial charge in [0.05, 0.1) is 35.0 Å². The quantitative estimate of drug-likeness (QED) is 0.252. The molecule has 0 saturated carbocycles. The first-order valence-corrected chi connectivity index (χ1v) is 10.9. The van der Waals surface area contributed by atoms with Gasteiger partial charge < -0.3 is 33.2 Å². The number of terminal acetylenes is 1. The van der Waals surface area contributed by atoms with Gasteiger partial charge in [-0.1, -0.05) is 5.92 Å². The molecule has 35 heavy (non-hydrogen) atoms. The summed E-state index contributed by atoms with van der Waals surface area (Å²) in [5.74, 6) is 6.50. The van der Waals surface area contributed by atoms with Crippen molar-refractivity contribution in [2.75, 3.05) is 35.0 Å². The molecule has 3 aromatic rings. The lowest BCUT2D eigenvalue weighted by Gasteiger charge is -2.14. The number of hydrogen-bond acceptors (Lipinski definition) is 7. The zero-order valence-electron chi connectivity index (χ0n) is 20.5. The summed E-state index contributed by atoms with van der Waals surface area (Å²) in [7, 11) is 6.45.